The number of nitrogens with two attached hydrogens (primary N) is 1. The van der Waals surface area contributed by atoms with Crippen LogP contribution in [0.4, 0.5) is 5.69 Å². The fourth-order valence-electron chi connectivity index (χ4n) is 2.00. The molecule has 0 radical (unpaired) electrons. The molecule has 0 spiro atoms. The van der Waals surface area contributed by atoms with Gasteiger partial charge in [0.25, 0.3) is 0 Å². The molecule has 0 saturated heterocycles. The van der Waals surface area contributed by atoms with Crippen LogP contribution in [0.5, 0.6) is 17.5 Å². The summed E-state index contributed by atoms with van der Waals surface area (Å²) >= 11 is 0. The van der Waals surface area contributed by atoms with E-state index in [9.17, 15) is 0 Å². The van der Waals surface area contributed by atoms with Crippen molar-refractivity contribution in [1.82, 2.24) is 4.98 Å². The maximum atomic E-state index is 5.83. The number of aryl methyl sites for hydroxylation is 1. The lowest BCUT2D eigenvalue weighted by Gasteiger charge is -2.20. The van der Waals surface area contributed by atoms with Crippen molar-refractivity contribution in [2.45, 2.75) is 33.1 Å². The van der Waals surface area contributed by atoms with Crippen LogP contribution in [0, 0.1) is 6.92 Å². The van der Waals surface area contributed by atoms with Crippen molar-refractivity contribution in [3.05, 3.63) is 41.5 Å². The molecule has 2 aromatic rings. The van der Waals surface area contributed by atoms with Crippen molar-refractivity contribution in [1.29, 1.82) is 0 Å². The van der Waals surface area contributed by atoms with Gasteiger partial charge in [0.15, 0.2) is 0 Å². The molecule has 0 unspecified atom stereocenters. The molecule has 1 aromatic carbocycles. The monoisotopic (exact) mass is 286 g/mol. The second-order valence-electron chi connectivity index (χ2n) is 6.08. The smallest absolute Gasteiger partial charge is 0.240 e. The van der Waals surface area contributed by atoms with E-state index in [0.717, 1.165) is 11.3 Å². The van der Waals surface area contributed by atoms with Crippen LogP contribution in [0.3, 0.4) is 0 Å². The average Bonchev–Trinajstić information content (AvgIpc) is 2.42. The maximum Gasteiger partial charge on any atom is 0.240 e. The summed E-state index contributed by atoms with van der Waals surface area (Å²) in [6.07, 6.45) is 0. The van der Waals surface area contributed by atoms with E-state index in [2.05, 4.69) is 37.9 Å². The number of nitrogens with zero attached hydrogens (tertiary/aromatic N) is 1. The topological polar surface area (TPSA) is 57.4 Å². The number of methoxy groups -OCH3 is 1. The number of hydrogen-bond donors (Lipinski definition) is 1. The molecule has 0 fully saturated rings. The molecule has 1 aromatic heterocycles. The molecule has 0 atom stereocenters. The van der Waals surface area contributed by atoms with Crippen molar-refractivity contribution in [2.75, 3.05) is 12.8 Å². The van der Waals surface area contributed by atoms with Gasteiger partial charge in [-0.2, -0.15) is 4.98 Å². The third-order valence-corrected chi connectivity index (χ3v) is 3.31. The second-order valence-corrected chi connectivity index (χ2v) is 6.08. The first-order valence-electron chi connectivity index (χ1n) is 6.91. The highest BCUT2D eigenvalue weighted by Gasteiger charge is 2.15. The van der Waals surface area contributed by atoms with E-state index in [4.69, 9.17) is 15.2 Å². The molecule has 1 heterocycles. The van der Waals surface area contributed by atoms with Crippen molar-refractivity contribution < 1.29 is 9.47 Å². The third-order valence-electron chi connectivity index (χ3n) is 3.31. The van der Waals surface area contributed by atoms with Gasteiger partial charge in [-0.05, 0) is 35.6 Å². The quantitative estimate of drug-likeness (QED) is 0.924. The predicted octanol–water partition coefficient (Wildman–Crippen LogP) is 4.07. The molecule has 4 nitrogen and oxygen atoms in total. The minimum Gasteiger partial charge on any atom is -0.479 e. The molecule has 0 saturated carbocycles. The van der Waals surface area contributed by atoms with Crippen LogP contribution in [0.1, 0.15) is 31.9 Å². The molecule has 0 aliphatic rings. The molecule has 21 heavy (non-hydrogen) atoms. The zero-order valence-corrected chi connectivity index (χ0v) is 13.2. The lowest BCUT2D eigenvalue weighted by atomic mass is 9.86. The number of benzene rings is 1. The molecule has 112 valence electrons. The van der Waals surface area contributed by atoms with Crippen molar-refractivity contribution in [3.8, 4) is 17.5 Å². The van der Waals surface area contributed by atoms with Gasteiger partial charge in [0, 0.05) is 6.07 Å². The number of ether oxygens (including phenoxy) is 2. The molecule has 0 bridgehead atoms. The van der Waals surface area contributed by atoms with Gasteiger partial charge in [-0.1, -0.05) is 32.9 Å². The second kappa shape index (κ2) is 5.64. The highest BCUT2D eigenvalue weighted by molar-refractivity contribution is 5.50. The Morgan fingerprint density at radius 1 is 1.10 bits per heavy atom. The first kappa shape index (κ1) is 15.2. The standard InChI is InChI=1S/C17H22N2O2/c1-11-10-12(17(2,3)4)6-8-14(11)21-15-9-7-13(18)16(19-15)20-5/h6-10H,18H2,1-5H3. The third kappa shape index (κ3) is 3.45. The van der Waals surface area contributed by atoms with Gasteiger partial charge in [-0.3, -0.25) is 0 Å². The highest BCUT2D eigenvalue weighted by atomic mass is 16.5. The highest BCUT2D eigenvalue weighted by Crippen LogP contribution is 2.31. The molecule has 0 aliphatic heterocycles. The normalized spacial score (nSPS) is 11.3. The number of anilines is 1. The fraction of sp³-hybridized carbons (Fsp3) is 0.353. The minimum absolute atomic E-state index is 0.117. The first-order chi connectivity index (χ1) is 9.81. The molecule has 2 rings (SSSR count). The van der Waals surface area contributed by atoms with Crippen molar-refractivity contribution >= 4 is 5.69 Å². The predicted molar refractivity (Wildman–Crippen MR) is 85.2 cm³/mol. The van der Waals surface area contributed by atoms with Crippen LogP contribution in [0.2, 0.25) is 0 Å². The van der Waals surface area contributed by atoms with Gasteiger partial charge < -0.3 is 15.2 Å². The maximum absolute atomic E-state index is 5.83. The Morgan fingerprint density at radius 2 is 1.81 bits per heavy atom. The Hall–Kier alpha value is -2.23. The zero-order chi connectivity index (χ0) is 15.6. The van der Waals surface area contributed by atoms with Crippen LogP contribution >= 0.6 is 0 Å². The van der Waals surface area contributed by atoms with Crippen LogP contribution < -0.4 is 15.2 Å². The summed E-state index contributed by atoms with van der Waals surface area (Å²) in [6.45, 7) is 8.59. The van der Waals surface area contributed by atoms with Crippen molar-refractivity contribution in [3.63, 3.8) is 0 Å². The number of aromatic nitrogens is 1. The number of hydrogen-bond acceptors (Lipinski definition) is 4. The van der Waals surface area contributed by atoms with Crippen LogP contribution in [-0.2, 0) is 5.41 Å². The molecule has 0 amide bonds. The first-order valence-corrected chi connectivity index (χ1v) is 6.91. The Bertz CT molecular complexity index is 646. The SMILES string of the molecule is COc1nc(Oc2ccc(C(C)(C)C)cc2C)ccc1N. The van der Waals surface area contributed by atoms with E-state index in [1.807, 2.05) is 13.0 Å². The molecular formula is C17H22N2O2. The Labute approximate surface area is 125 Å². The molecule has 2 N–H and O–H groups in total. The summed E-state index contributed by atoms with van der Waals surface area (Å²) in [4.78, 5) is 4.23. The average molecular weight is 286 g/mol. The summed E-state index contributed by atoms with van der Waals surface area (Å²) in [7, 11) is 1.53. The lowest BCUT2D eigenvalue weighted by molar-refractivity contribution is 0.385. The molecule has 4 heteroatoms. The van der Waals surface area contributed by atoms with Crippen LogP contribution in [-0.4, -0.2) is 12.1 Å². The van der Waals surface area contributed by atoms with Crippen molar-refractivity contribution in [2.24, 2.45) is 0 Å². The van der Waals surface area contributed by atoms with Gasteiger partial charge in [-0.25, -0.2) is 0 Å². The van der Waals surface area contributed by atoms with Gasteiger partial charge >= 0.3 is 0 Å². The number of pyridine rings is 1. The van der Waals surface area contributed by atoms with E-state index < -0.39 is 0 Å². The van der Waals surface area contributed by atoms with E-state index >= 15 is 0 Å². The van der Waals surface area contributed by atoms with Crippen LogP contribution in [0.25, 0.3) is 0 Å². The van der Waals surface area contributed by atoms with Crippen LogP contribution in [0.15, 0.2) is 30.3 Å². The molecule has 0 aliphatic carbocycles. The Balaban J connectivity index is 2.28. The summed E-state index contributed by atoms with van der Waals surface area (Å²) in [6, 6.07) is 9.65. The summed E-state index contributed by atoms with van der Waals surface area (Å²) in [5.41, 5.74) is 8.70. The lowest BCUT2D eigenvalue weighted by Crippen LogP contribution is -2.11. The van der Waals surface area contributed by atoms with Gasteiger partial charge in [0.05, 0.1) is 12.8 Å². The summed E-state index contributed by atoms with van der Waals surface area (Å²) < 4.78 is 10.9. The van der Waals surface area contributed by atoms with E-state index in [-0.39, 0.29) is 5.41 Å². The summed E-state index contributed by atoms with van der Waals surface area (Å²) in [5.74, 6) is 1.62. The summed E-state index contributed by atoms with van der Waals surface area (Å²) in [5, 5.41) is 0. The fourth-order valence-corrected chi connectivity index (χ4v) is 2.00. The minimum atomic E-state index is 0.117. The molecular weight excluding hydrogens is 264 g/mol. The van der Waals surface area contributed by atoms with Gasteiger partial charge in [-0.15, -0.1) is 0 Å². The van der Waals surface area contributed by atoms with E-state index in [1.165, 1.54) is 12.7 Å². The number of rotatable bonds is 3. The van der Waals surface area contributed by atoms with Gasteiger partial charge in [0.2, 0.25) is 11.8 Å². The van der Waals surface area contributed by atoms with E-state index in [1.54, 1.807) is 12.1 Å². The van der Waals surface area contributed by atoms with Gasteiger partial charge in [0.1, 0.15) is 5.75 Å². The Morgan fingerprint density at radius 3 is 2.38 bits per heavy atom. The zero-order valence-electron chi connectivity index (χ0n) is 13.2. The largest absolute Gasteiger partial charge is 0.479 e. The number of nitrogen functional groups attached to an aromatic ring is 1. The Kier molecular flexibility index (Phi) is 4.07. The van der Waals surface area contributed by atoms with E-state index in [0.29, 0.717) is 17.4 Å².